The second-order valence-electron chi connectivity index (χ2n) is 19.3. The van der Waals surface area contributed by atoms with E-state index in [4.69, 9.17) is 9.15 Å². The zero-order valence-corrected chi connectivity index (χ0v) is 32.6. The van der Waals surface area contributed by atoms with Crippen LogP contribution in [-0.4, -0.2) is 49.7 Å². The number of carboxylic acids is 1. The van der Waals surface area contributed by atoms with Gasteiger partial charge in [-0.3, -0.25) is 19.4 Å². The zero-order valence-electron chi connectivity index (χ0n) is 32.6. The van der Waals surface area contributed by atoms with Crippen LogP contribution in [0, 0.1) is 50.7 Å². The van der Waals surface area contributed by atoms with Crippen LogP contribution >= 0.6 is 0 Å². The van der Waals surface area contributed by atoms with Crippen LogP contribution in [0.5, 0.6) is 0 Å². The number of hydrogen-bond acceptors (Lipinski definition) is 9. The first-order chi connectivity index (χ1) is 24.3. The summed E-state index contributed by atoms with van der Waals surface area (Å²) in [6.45, 7) is 19.6. The maximum Gasteiger partial charge on any atom is 0.316 e. The van der Waals surface area contributed by atoms with E-state index in [2.05, 4.69) is 69.0 Å². The minimum atomic E-state index is -1.17. The summed E-state index contributed by atoms with van der Waals surface area (Å²) in [7, 11) is 0. The summed E-state index contributed by atoms with van der Waals surface area (Å²) in [5.74, 6) is 0.445. The fourth-order valence-electron chi connectivity index (χ4n) is 12.7. The van der Waals surface area contributed by atoms with Crippen LogP contribution in [0.25, 0.3) is 11.5 Å². The average molecular weight is 715 g/mol. The fraction of sp³-hybridized carbons (Fsp3) is 0.714. The molecule has 8 atom stereocenters. The Kier molecular flexibility index (Phi) is 8.66. The lowest BCUT2D eigenvalue weighted by Gasteiger charge is -2.72. The number of carbonyl (C=O) groups is 3. The summed E-state index contributed by atoms with van der Waals surface area (Å²) in [5, 5.41) is 22.0. The Bertz CT molecular complexity index is 1800. The Morgan fingerprint density at radius 2 is 1.75 bits per heavy atom. The van der Waals surface area contributed by atoms with E-state index in [1.165, 1.54) is 5.57 Å². The van der Waals surface area contributed by atoms with E-state index in [0.29, 0.717) is 30.2 Å². The molecule has 2 N–H and O–H groups in total. The van der Waals surface area contributed by atoms with Gasteiger partial charge in [0.25, 0.3) is 5.89 Å². The molecule has 7 rings (SSSR count). The average Bonchev–Trinajstić information content (AvgIpc) is 3.64. The van der Waals surface area contributed by atoms with Gasteiger partial charge in [-0.2, -0.15) is 0 Å². The van der Waals surface area contributed by atoms with Gasteiger partial charge in [-0.25, -0.2) is 0 Å². The Morgan fingerprint density at radius 3 is 2.42 bits per heavy atom. The highest BCUT2D eigenvalue weighted by Gasteiger charge is 2.70. The summed E-state index contributed by atoms with van der Waals surface area (Å²) in [6.07, 6.45) is 11.3. The van der Waals surface area contributed by atoms with Crippen LogP contribution in [0.2, 0.25) is 0 Å². The number of hydrogen-bond donors (Lipinski definition) is 2. The normalized spacial score (nSPS) is 36.8. The lowest BCUT2D eigenvalue weighted by Crippen LogP contribution is -2.66. The number of aliphatic carboxylic acids is 1. The van der Waals surface area contributed by atoms with Gasteiger partial charge < -0.3 is 19.6 Å². The molecule has 0 saturated heterocycles. The zero-order chi connectivity index (χ0) is 37.6. The number of anilines is 1. The van der Waals surface area contributed by atoms with Crippen LogP contribution in [0.3, 0.4) is 0 Å². The third-order valence-corrected chi connectivity index (χ3v) is 15.5. The molecule has 10 nitrogen and oxygen atoms in total. The fourth-order valence-corrected chi connectivity index (χ4v) is 12.7. The molecule has 2 aromatic heterocycles. The minimum absolute atomic E-state index is 0.0131. The van der Waals surface area contributed by atoms with E-state index < -0.39 is 22.9 Å². The number of ether oxygens (including phenoxy) is 1. The molecule has 2 heterocycles. The van der Waals surface area contributed by atoms with Gasteiger partial charge in [0, 0.05) is 24.2 Å². The molecule has 10 heteroatoms. The van der Waals surface area contributed by atoms with Gasteiger partial charge in [0.15, 0.2) is 5.78 Å². The molecular weight excluding hydrogens is 656 g/mol. The number of Topliss-reactive ketones (excluding diaryl/α,β-unsaturated/α-hetero) is 1. The first kappa shape index (κ1) is 36.8. The van der Waals surface area contributed by atoms with Crippen LogP contribution in [0.1, 0.15) is 127 Å². The van der Waals surface area contributed by atoms with Crippen molar-refractivity contribution in [1.29, 1.82) is 0 Å². The lowest BCUT2D eigenvalue weighted by atomic mass is 9.33. The van der Waals surface area contributed by atoms with E-state index in [0.717, 1.165) is 62.5 Å². The Morgan fingerprint density at radius 1 is 1.00 bits per heavy atom. The number of rotatable bonds is 8. The van der Waals surface area contributed by atoms with Crippen molar-refractivity contribution in [3.63, 3.8) is 0 Å². The number of nitrogens with zero attached hydrogens (tertiary/aromatic N) is 3. The van der Waals surface area contributed by atoms with E-state index in [9.17, 15) is 19.5 Å². The van der Waals surface area contributed by atoms with Crippen LogP contribution in [0.4, 0.5) is 6.01 Å². The van der Waals surface area contributed by atoms with Crippen molar-refractivity contribution in [3.05, 3.63) is 35.7 Å². The molecule has 0 amide bonds. The van der Waals surface area contributed by atoms with E-state index >= 15 is 0 Å². The van der Waals surface area contributed by atoms with Gasteiger partial charge >= 0.3 is 18.0 Å². The minimum Gasteiger partial charge on any atom is -0.481 e. The molecule has 5 aliphatic carbocycles. The van der Waals surface area contributed by atoms with E-state index in [1.54, 1.807) is 26.2 Å². The maximum absolute atomic E-state index is 14.0. The summed E-state index contributed by atoms with van der Waals surface area (Å²) >= 11 is 0. The van der Waals surface area contributed by atoms with Gasteiger partial charge in [-0.05, 0) is 128 Å². The molecule has 2 aromatic rings. The molecule has 0 bridgehead atoms. The summed E-state index contributed by atoms with van der Waals surface area (Å²) in [5.41, 5.74) is 1.17. The summed E-state index contributed by atoms with van der Waals surface area (Å²) in [6, 6.07) is 4.08. The molecule has 2 unspecified atom stereocenters. The molecule has 4 saturated carbocycles. The van der Waals surface area contributed by atoms with Crippen molar-refractivity contribution in [2.45, 2.75) is 138 Å². The standard InChI is InChI=1S/C42H58N4O6/c1-24(2)32-27(47)21-42(44-36-46-45-34(52-36)25-11-10-20-43-23-25)19-18-40(8)26(33(32)42)12-13-29-39(7)16-15-30(51-31(48)22-37(3,4)35(49)50)38(5,6)28(39)14-17-41(29,40)9/h10-11,20,23-24,26,28-30H,12-19,21-22H2,1-9H3,(H,44,46)(H,49,50)/t26-,28?,29?,30+,39+,40-,41-,42-/m1/s1. The summed E-state index contributed by atoms with van der Waals surface area (Å²) < 4.78 is 12.3. The number of ketones is 1. The smallest absolute Gasteiger partial charge is 0.316 e. The van der Waals surface area contributed by atoms with Crippen molar-refractivity contribution >= 4 is 23.7 Å². The Hall–Kier alpha value is -3.56. The number of allylic oxidation sites excluding steroid dienone is 1. The third-order valence-electron chi connectivity index (χ3n) is 15.5. The third kappa shape index (κ3) is 5.39. The summed E-state index contributed by atoms with van der Waals surface area (Å²) in [4.78, 5) is 43.1. The number of carbonyl (C=O) groups excluding carboxylic acids is 2. The highest BCUT2D eigenvalue weighted by molar-refractivity contribution is 6.02. The molecule has 0 spiro atoms. The van der Waals surface area contributed by atoms with Gasteiger partial charge in [0.2, 0.25) is 0 Å². The predicted octanol–water partition coefficient (Wildman–Crippen LogP) is 8.69. The molecule has 5 aliphatic rings. The second kappa shape index (κ2) is 12.2. The van der Waals surface area contributed by atoms with Gasteiger partial charge in [-0.15, -0.1) is 5.10 Å². The SMILES string of the molecule is CC(C)C1=C2[C@H]3CCC4[C@@]5(C)CC[C@H](OC(=O)CC(C)(C)C(=O)O)C(C)(C)C5CC[C@@]4(C)[C@]3(C)CC[C@@]2(Nc2nnc(-c3cccnc3)o2)CC1=O. The van der Waals surface area contributed by atoms with Crippen LogP contribution in [0.15, 0.2) is 40.1 Å². The Labute approximate surface area is 308 Å². The highest BCUT2D eigenvalue weighted by Crippen LogP contribution is 2.76. The van der Waals surface area contributed by atoms with Crippen molar-refractivity contribution in [1.82, 2.24) is 15.2 Å². The van der Waals surface area contributed by atoms with Crippen molar-refractivity contribution in [3.8, 4) is 11.5 Å². The number of pyridine rings is 1. The highest BCUT2D eigenvalue weighted by atomic mass is 16.5. The number of aromatic nitrogens is 3. The maximum atomic E-state index is 14.0. The predicted molar refractivity (Wildman–Crippen MR) is 197 cm³/mol. The Balaban J connectivity index is 1.18. The van der Waals surface area contributed by atoms with Crippen LogP contribution < -0.4 is 5.32 Å². The second-order valence-corrected chi connectivity index (χ2v) is 19.3. The van der Waals surface area contributed by atoms with E-state index in [1.807, 2.05) is 12.1 Å². The monoisotopic (exact) mass is 714 g/mol. The first-order valence-electron chi connectivity index (χ1n) is 19.5. The molecule has 4 fully saturated rings. The quantitative estimate of drug-likeness (QED) is 0.255. The van der Waals surface area contributed by atoms with Gasteiger partial charge in [0.05, 0.1) is 22.9 Å². The largest absolute Gasteiger partial charge is 0.481 e. The number of carboxylic acid groups (broad SMARTS) is 1. The molecule has 0 aliphatic heterocycles. The van der Waals surface area contributed by atoms with Gasteiger partial charge in [0.1, 0.15) is 6.10 Å². The van der Waals surface area contributed by atoms with Gasteiger partial charge in [-0.1, -0.05) is 53.6 Å². The topological polar surface area (TPSA) is 145 Å². The molecule has 282 valence electrons. The van der Waals surface area contributed by atoms with Crippen LogP contribution in [-0.2, 0) is 19.1 Å². The molecular formula is C42H58N4O6. The molecule has 0 aromatic carbocycles. The number of nitrogens with one attached hydrogen (secondary N) is 1. The van der Waals surface area contributed by atoms with Crippen molar-refractivity contribution in [2.75, 3.05) is 5.32 Å². The first-order valence-corrected chi connectivity index (χ1v) is 19.5. The van der Waals surface area contributed by atoms with E-state index in [-0.39, 0.29) is 51.8 Å². The number of esters is 1. The molecule has 0 radical (unpaired) electrons. The van der Waals surface area contributed by atoms with Crippen molar-refractivity contribution < 1.29 is 28.6 Å². The lowest BCUT2D eigenvalue weighted by molar-refractivity contribution is -0.231. The molecule has 52 heavy (non-hydrogen) atoms. The van der Waals surface area contributed by atoms with Crippen molar-refractivity contribution in [2.24, 2.45) is 50.7 Å². The number of fused-ring (bicyclic) bond motifs is 7.